The fraction of sp³-hybridized carbons (Fsp3) is 0.619. The first-order chi connectivity index (χ1) is 14.0. The van der Waals surface area contributed by atoms with E-state index in [0.29, 0.717) is 12.1 Å². The molecule has 3 N–H and O–H groups in total. The van der Waals surface area contributed by atoms with Crippen molar-refractivity contribution in [3.63, 3.8) is 0 Å². The normalized spacial score (nSPS) is 10.4. The van der Waals surface area contributed by atoms with Crippen LogP contribution in [-0.2, 0) is 4.79 Å². The number of carbonyl (C=O) groups excluding carboxylic acids is 1. The van der Waals surface area contributed by atoms with Gasteiger partial charge in [0.1, 0.15) is 0 Å². The van der Waals surface area contributed by atoms with E-state index in [4.69, 9.17) is 12.2 Å². The largest absolute Gasteiger partial charge is 0.331 e. The molecule has 0 heterocycles. The molecule has 1 aromatic rings. The van der Waals surface area contributed by atoms with Crippen LogP contribution in [0.4, 0.5) is 11.4 Å². The fourth-order valence-corrected chi connectivity index (χ4v) is 3.17. The van der Waals surface area contributed by atoms with E-state index >= 15 is 0 Å². The second-order valence-electron chi connectivity index (χ2n) is 7.22. The Labute approximate surface area is 179 Å². The van der Waals surface area contributed by atoms with E-state index in [1.807, 2.05) is 0 Å². The van der Waals surface area contributed by atoms with Crippen LogP contribution in [0.1, 0.15) is 84.0 Å². The summed E-state index contributed by atoms with van der Waals surface area (Å²) in [4.78, 5) is 22.2. The molecule has 0 radical (unpaired) electrons. The van der Waals surface area contributed by atoms with E-state index in [0.717, 1.165) is 12.8 Å². The zero-order chi connectivity index (χ0) is 21.3. The van der Waals surface area contributed by atoms with Gasteiger partial charge in [-0.2, -0.15) is 0 Å². The number of amides is 1. The molecule has 0 bridgehead atoms. The number of thiocarbonyl (C=S) groups is 1. The van der Waals surface area contributed by atoms with E-state index in [2.05, 4.69) is 23.1 Å². The molecule has 1 rings (SSSR count). The van der Waals surface area contributed by atoms with Crippen LogP contribution < -0.4 is 16.2 Å². The Bertz CT molecular complexity index is 640. The van der Waals surface area contributed by atoms with E-state index in [-0.39, 0.29) is 16.7 Å². The van der Waals surface area contributed by atoms with Crippen LogP contribution >= 0.6 is 12.2 Å². The number of hydrogen-bond donors (Lipinski definition) is 3. The Morgan fingerprint density at radius 3 is 2.14 bits per heavy atom. The molecule has 1 aromatic carbocycles. The van der Waals surface area contributed by atoms with E-state index in [9.17, 15) is 14.9 Å². The summed E-state index contributed by atoms with van der Waals surface area (Å²) in [7, 11) is 0. The molecule has 0 saturated carbocycles. The minimum absolute atomic E-state index is 0.0293. The molecule has 8 heteroatoms. The van der Waals surface area contributed by atoms with Gasteiger partial charge in [-0.3, -0.25) is 25.8 Å². The van der Waals surface area contributed by atoms with Crippen LogP contribution in [0.25, 0.3) is 0 Å². The molecule has 7 nitrogen and oxygen atoms in total. The highest BCUT2D eigenvalue weighted by Crippen LogP contribution is 2.16. The molecule has 1 amide bonds. The predicted octanol–water partition coefficient (Wildman–Crippen LogP) is 5.61. The first kappa shape index (κ1) is 24.8. The molecule has 0 saturated heterocycles. The highest BCUT2D eigenvalue weighted by molar-refractivity contribution is 7.80. The lowest BCUT2D eigenvalue weighted by Gasteiger charge is -2.11. The number of hydrazine groups is 1. The average molecular weight is 423 g/mol. The molecule has 0 aliphatic carbocycles. The van der Waals surface area contributed by atoms with Crippen LogP contribution in [0.5, 0.6) is 0 Å². The Morgan fingerprint density at radius 2 is 1.55 bits per heavy atom. The standard InChI is InChI=1S/C21H34N4O3S/c1-2-3-4-5-6-7-8-9-10-11-12-16-20(26)23-24-21(29)22-18-14-13-15-19(17-18)25(27)28/h13-15,17H,2-12,16H2,1H3,(H,23,26)(H2,22,24,29). The van der Waals surface area contributed by atoms with Gasteiger partial charge in [0.25, 0.3) is 5.69 Å². The molecule has 0 spiro atoms. The molecule has 29 heavy (non-hydrogen) atoms. The molecule has 0 aliphatic rings. The van der Waals surface area contributed by atoms with E-state index < -0.39 is 4.92 Å². The molecular weight excluding hydrogens is 388 g/mol. The Balaban J connectivity index is 2.03. The van der Waals surface area contributed by atoms with Gasteiger partial charge in [-0.25, -0.2) is 0 Å². The van der Waals surface area contributed by atoms with Crippen molar-refractivity contribution < 1.29 is 9.72 Å². The summed E-state index contributed by atoms with van der Waals surface area (Å²) in [5, 5.41) is 13.8. The quantitative estimate of drug-likeness (QED) is 0.156. The number of nitrogens with one attached hydrogen (secondary N) is 3. The molecule has 162 valence electrons. The predicted molar refractivity (Wildman–Crippen MR) is 122 cm³/mol. The smallest absolute Gasteiger partial charge is 0.271 e. The van der Waals surface area contributed by atoms with Gasteiger partial charge in [-0.1, -0.05) is 77.2 Å². The fourth-order valence-electron chi connectivity index (χ4n) is 3.00. The number of unbranched alkanes of at least 4 members (excludes halogenated alkanes) is 10. The molecule has 0 aliphatic heterocycles. The second-order valence-corrected chi connectivity index (χ2v) is 7.63. The molecule has 0 atom stereocenters. The number of nitro benzene ring substituents is 1. The third kappa shape index (κ3) is 12.8. The zero-order valence-electron chi connectivity index (χ0n) is 17.4. The van der Waals surface area contributed by atoms with Gasteiger partial charge < -0.3 is 5.32 Å². The first-order valence-electron chi connectivity index (χ1n) is 10.6. The van der Waals surface area contributed by atoms with Gasteiger partial charge in [0.2, 0.25) is 5.91 Å². The lowest BCUT2D eigenvalue weighted by Crippen LogP contribution is -2.43. The van der Waals surface area contributed by atoms with Crippen LogP contribution in [0.2, 0.25) is 0 Å². The summed E-state index contributed by atoms with van der Waals surface area (Å²) in [6.45, 7) is 2.24. The van der Waals surface area contributed by atoms with Crippen molar-refractivity contribution in [1.82, 2.24) is 10.9 Å². The van der Waals surface area contributed by atoms with Gasteiger partial charge in [0, 0.05) is 24.2 Å². The minimum Gasteiger partial charge on any atom is -0.331 e. The highest BCUT2D eigenvalue weighted by atomic mass is 32.1. The van der Waals surface area contributed by atoms with Gasteiger partial charge in [-0.15, -0.1) is 0 Å². The Morgan fingerprint density at radius 1 is 0.966 bits per heavy atom. The van der Waals surface area contributed by atoms with E-state index in [1.54, 1.807) is 12.1 Å². The number of nitro groups is 1. The van der Waals surface area contributed by atoms with Crippen molar-refractivity contribution in [1.29, 1.82) is 0 Å². The van der Waals surface area contributed by atoms with E-state index in [1.165, 1.54) is 69.9 Å². The van der Waals surface area contributed by atoms with Crippen LogP contribution in [0.3, 0.4) is 0 Å². The van der Waals surface area contributed by atoms with Gasteiger partial charge in [-0.05, 0) is 24.7 Å². The number of carbonyl (C=O) groups is 1. The molecule has 0 aromatic heterocycles. The number of non-ortho nitro benzene ring substituents is 1. The number of benzene rings is 1. The maximum Gasteiger partial charge on any atom is 0.271 e. The summed E-state index contributed by atoms with van der Waals surface area (Å²) in [6, 6.07) is 6.00. The second kappa shape index (κ2) is 15.7. The number of hydrogen-bond acceptors (Lipinski definition) is 4. The summed E-state index contributed by atoms with van der Waals surface area (Å²) in [5.74, 6) is -0.121. The lowest BCUT2D eigenvalue weighted by atomic mass is 10.1. The van der Waals surface area contributed by atoms with Crippen molar-refractivity contribution in [2.24, 2.45) is 0 Å². The summed E-state index contributed by atoms with van der Waals surface area (Å²) in [6.07, 6.45) is 14.1. The Kier molecular flexibility index (Phi) is 13.4. The monoisotopic (exact) mass is 422 g/mol. The van der Waals surface area contributed by atoms with Crippen molar-refractivity contribution in [2.75, 3.05) is 5.32 Å². The van der Waals surface area contributed by atoms with Crippen LogP contribution in [0, 0.1) is 10.1 Å². The third-order valence-electron chi connectivity index (χ3n) is 4.64. The van der Waals surface area contributed by atoms with Crippen molar-refractivity contribution in [3.05, 3.63) is 34.4 Å². The van der Waals surface area contributed by atoms with Crippen molar-refractivity contribution in [2.45, 2.75) is 84.0 Å². The van der Waals surface area contributed by atoms with Gasteiger partial charge in [0.05, 0.1) is 4.92 Å². The summed E-state index contributed by atoms with van der Waals surface area (Å²) >= 11 is 5.08. The first-order valence-corrected chi connectivity index (χ1v) is 11.0. The maximum absolute atomic E-state index is 11.9. The highest BCUT2D eigenvalue weighted by Gasteiger charge is 2.07. The van der Waals surface area contributed by atoms with Crippen LogP contribution in [0.15, 0.2) is 24.3 Å². The number of nitrogens with zero attached hydrogens (tertiary/aromatic N) is 1. The summed E-state index contributed by atoms with van der Waals surface area (Å²) < 4.78 is 0. The van der Waals surface area contributed by atoms with Gasteiger partial charge in [0.15, 0.2) is 5.11 Å². The molecule has 0 fully saturated rings. The van der Waals surface area contributed by atoms with Crippen LogP contribution in [-0.4, -0.2) is 15.9 Å². The number of rotatable bonds is 14. The SMILES string of the molecule is CCCCCCCCCCCCCC(=O)NNC(=S)Nc1cccc([N+](=O)[O-])c1. The lowest BCUT2D eigenvalue weighted by molar-refractivity contribution is -0.384. The third-order valence-corrected chi connectivity index (χ3v) is 4.84. The summed E-state index contributed by atoms with van der Waals surface area (Å²) in [5.41, 5.74) is 5.62. The minimum atomic E-state index is -0.475. The Hall–Kier alpha value is -2.22. The van der Waals surface area contributed by atoms with Crippen molar-refractivity contribution in [3.8, 4) is 0 Å². The topological polar surface area (TPSA) is 96.3 Å². The molecular formula is C21H34N4O3S. The van der Waals surface area contributed by atoms with Crippen molar-refractivity contribution >= 4 is 34.6 Å². The average Bonchev–Trinajstić information content (AvgIpc) is 2.70. The number of anilines is 1. The molecule has 0 unspecified atom stereocenters. The zero-order valence-corrected chi connectivity index (χ0v) is 18.2. The van der Waals surface area contributed by atoms with Gasteiger partial charge >= 0.3 is 0 Å². The maximum atomic E-state index is 11.9.